The van der Waals surface area contributed by atoms with Crippen molar-refractivity contribution < 1.29 is 9.90 Å². The highest BCUT2D eigenvalue weighted by Crippen LogP contribution is 2.09. The van der Waals surface area contributed by atoms with E-state index in [1.165, 1.54) is 0 Å². The summed E-state index contributed by atoms with van der Waals surface area (Å²) in [5, 5.41) is 8.62. The van der Waals surface area contributed by atoms with Crippen LogP contribution in [0.25, 0.3) is 0 Å². The normalized spacial score (nSPS) is 10.0. The maximum atomic E-state index is 10.5. The second-order valence-corrected chi connectivity index (χ2v) is 3.19. The summed E-state index contributed by atoms with van der Waals surface area (Å²) in [6.45, 7) is 3.55. The zero-order chi connectivity index (χ0) is 10.0. The summed E-state index contributed by atoms with van der Waals surface area (Å²) in [5.74, 6) is -0.862. The van der Waals surface area contributed by atoms with Gasteiger partial charge in [0.05, 0.1) is 6.42 Å². The van der Waals surface area contributed by atoms with Crippen LogP contribution in [0.1, 0.15) is 17.0 Å². The van der Waals surface area contributed by atoms with Crippen molar-refractivity contribution in [3.05, 3.63) is 21.7 Å². The predicted octanol–water partition coefficient (Wildman–Crippen LogP) is 1.38. The van der Waals surface area contributed by atoms with Gasteiger partial charge in [0, 0.05) is 17.0 Å². The van der Waals surface area contributed by atoms with E-state index >= 15 is 0 Å². The Hall–Kier alpha value is -1.23. The van der Waals surface area contributed by atoms with Gasteiger partial charge in [-0.1, -0.05) is 0 Å². The van der Waals surface area contributed by atoms with E-state index in [1.807, 2.05) is 0 Å². The van der Waals surface area contributed by atoms with Gasteiger partial charge in [-0.3, -0.25) is 4.79 Å². The van der Waals surface area contributed by atoms with Crippen LogP contribution in [0, 0.1) is 18.6 Å². The Kier molecular flexibility index (Phi) is 2.77. The molecule has 0 aliphatic carbocycles. The van der Waals surface area contributed by atoms with Crippen LogP contribution >= 0.6 is 12.2 Å². The summed E-state index contributed by atoms with van der Waals surface area (Å²) >= 11 is 4.85. The van der Waals surface area contributed by atoms with Crippen molar-refractivity contribution in [1.29, 1.82) is 0 Å². The number of rotatable bonds is 2. The molecule has 1 aromatic rings. The Morgan fingerprint density at radius 1 is 1.62 bits per heavy atom. The first-order valence-corrected chi connectivity index (χ1v) is 4.19. The molecule has 0 atom stereocenters. The van der Waals surface area contributed by atoms with Crippen LogP contribution < -0.4 is 0 Å². The van der Waals surface area contributed by atoms with Gasteiger partial charge in [0.2, 0.25) is 0 Å². The number of H-pyrrole nitrogens is 1. The highest BCUT2D eigenvalue weighted by Gasteiger charge is 2.08. The maximum absolute atomic E-state index is 10.5. The first kappa shape index (κ1) is 9.85. The fourth-order valence-electron chi connectivity index (χ4n) is 1.17. The predicted molar refractivity (Wildman–Crippen MR) is 50.2 cm³/mol. The van der Waals surface area contributed by atoms with Crippen molar-refractivity contribution in [3.8, 4) is 0 Å². The van der Waals surface area contributed by atoms with Gasteiger partial charge in [0.1, 0.15) is 0 Å². The molecule has 0 unspecified atom stereocenters. The van der Waals surface area contributed by atoms with E-state index in [0.717, 1.165) is 5.69 Å². The van der Waals surface area contributed by atoms with Crippen molar-refractivity contribution in [2.45, 2.75) is 20.3 Å². The number of aromatic nitrogens is 2. The quantitative estimate of drug-likeness (QED) is 0.705. The number of nitrogens with one attached hydrogen (secondary N) is 1. The molecule has 0 fully saturated rings. The third-order valence-electron chi connectivity index (χ3n) is 1.78. The van der Waals surface area contributed by atoms with E-state index < -0.39 is 5.97 Å². The number of hydrogen-bond donors (Lipinski definition) is 2. The second-order valence-electron chi connectivity index (χ2n) is 2.80. The zero-order valence-corrected chi connectivity index (χ0v) is 8.23. The number of hydrogen-bond acceptors (Lipinski definition) is 3. The van der Waals surface area contributed by atoms with E-state index in [-0.39, 0.29) is 6.42 Å². The van der Waals surface area contributed by atoms with E-state index in [2.05, 4.69) is 9.97 Å². The standard InChI is InChI=1S/C8H10N2O2S/c1-4-6(3-7(11)12)5(2)10-8(13)9-4/h3H2,1-2H3,(H,11,12)(H,9,10,13). The minimum Gasteiger partial charge on any atom is -0.481 e. The lowest BCUT2D eigenvalue weighted by molar-refractivity contribution is -0.136. The first-order chi connectivity index (χ1) is 6.00. The molecule has 1 rings (SSSR count). The molecule has 0 amide bonds. The third-order valence-corrected chi connectivity index (χ3v) is 1.97. The Bertz CT molecular complexity index is 371. The van der Waals surface area contributed by atoms with Crippen molar-refractivity contribution in [2.24, 2.45) is 0 Å². The van der Waals surface area contributed by atoms with E-state index in [0.29, 0.717) is 16.0 Å². The lowest BCUT2D eigenvalue weighted by Gasteiger charge is -2.05. The molecule has 0 aliphatic heterocycles. The smallest absolute Gasteiger partial charge is 0.307 e. The summed E-state index contributed by atoms with van der Waals surface area (Å²) in [6.07, 6.45) is -0.0171. The van der Waals surface area contributed by atoms with Gasteiger partial charge in [0.15, 0.2) is 4.77 Å². The van der Waals surface area contributed by atoms with Crippen molar-refractivity contribution in [1.82, 2.24) is 9.97 Å². The number of carbonyl (C=O) groups is 1. The average molecular weight is 198 g/mol. The topological polar surface area (TPSA) is 66.0 Å². The van der Waals surface area contributed by atoms with Crippen LogP contribution in [0.15, 0.2) is 0 Å². The molecule has 0 bridgehead atoms. The van der Waals surface area contributed by atoms with Crippen molar-refractivity contribution in [3.63, 3.8) is 0 Å². The SMILES string of the molecule is Cc1nc(=S)[nH]c(C)c1CC(=O)O. The maximum Gasteiger partial charge on any atom is 0.307 e. The van der Waals surface area contributed by atoms with E-state index in [9.17, 15) is 4.79 Å². The molecule has 0 radical (unpaired) electrons. The Balaban J connectivity index is 3.20. The molecule has 0 aliphatic rings. The molecular formula is C8H10N2O2S. The number of carboxylic acids is 1. The van der Waals surface area contributed by atoms with E-state index in [4.69, 9.17) is 17.3 Å². The second kappa shape index (κ2) is 3.66. The molecular weight excluding hydrogens is 188 g/mol. The van der Waals surface area contributed by atoms with Crippen LogP contribution in [0.3, 0.4) is 0 Å². The van der Waals surface area contributed by atoms with Gasteiger partial charge in [-0.2, -0.15) is 0 Å². The molecule has 0 aromatic carbocycles. The molecule has 1 aromatic heterocycles. The van der Waals surface area contributed by atoms with Gasteiger partial charge in [-0.25, -0.2) is 4.98 Å². The molecule has 70 valence electrons. The van der Waals surface area contributed by atoms with Gasteiger partial charge < -0.3 is 10.1 Å². The molecule has 0 saturated carbocycles. The largest absolute Gasteiger partial charge is 0.481 e. The molecule has 5 heteroatoms. The van der Waals surface area contributed by atoms with E-state index in [1.54, 1.807) is 13.8 Å². The lowest BCUT2D eigenvalue weighted by Crippen LogP contribution is -2.07. The number of nitrogens with zero attached hydrogens (tertiary/aromatic N) is 1. The number of aryl methyl sites for hydroxylation is 2. The van der Waals surface area contributed by atoms with Gasteiger partial charge in [0.25, 0.3) is 0 Å². The van der Waals surface area contributed by atoms with Gasteiger partial charge >= 0.3 is 5.97 Å². The minimum absolute atomic E-state index is 0.0171. The summed E-state index contributed by atoms with van der Waals surface area (Å²) in [6, 6.07) is 0. The first-order valence-electron chi connectivity index (χ1n) is 3.79. The molecule has 1 heterocycles. The van der Waals surface area contributed by atoms with Crippen LogP contribution in [0.5, 0.6) is 0 Å². The Labute approximate surface area is 80.6 Å². The molecule has 13 heavy (non-hydrogen) atoms. The van der Waals surface area contributed by atoms with Crippen LogP contribution in [-0.4, -0.2) is 21.0 Å². The highest BCUT2D eigenvalue weighted by atomic mass is 32.1. The Morgan fingerprint density at radius 2 is 2.23 bits per heavy atom. The lowest BCUT2D eigenvalue weighted by atomic mass is 10.1. The summed E-state index contributed by atoms with van der Waals surface area (Å²) in [5.41, 5.74) is 2.17. The van der Waals surface area contributed by atoms with Crippen LogP contribution in [0.4, 0.5) is 0 Å². The number of carboxylic acid groups (broad SMARTS) is 1. The fourth-order valence-corrected chi connectivity index (χ4v) is 1.46. The summed E-state index contributed by atoms with van der Waals surface area (Å²) in [7, 11) is 0. The molecule has 0 spiro atoms. The van der Waals surface area contributed by atoms with Crippen molar-refractivity contribution in [2.75, 3.05) is 0 Å². The third kappa shape index (κ3) is 2.35. The zero-order valence-electron chi connectivity index (χ0n) is 7.42. The Morgan fingerprint density at radius 3 is 2.69 bits per heavy atom. The minimum atomic E-state index is -0.862. The van der Waals surface area contributed by atoms with Crippen molar-refractivity contribution >= 4 is 18.2 Å². The summed E-state index contributed by atoms with van der Waals surface area (Å²) in [4.78, 5) is 17.3. The molecule has 4 nitrogen and oxygen atoms in total. The molecule has 2 N–H and O–H groups in total. The summed E-state index contributed by atoms with van der Waals surface area (Å²) < 4.78 is 0.393. The van der Waals surface area contributed by atoms with Crippen LogP contribution in [-0.2, 0) is 11.2 Å². The van der Waals surface area contributed by atoms with Gasteiger partial charge in [-0.15, -0.1) is 0 Å². The van der Waals surface area contributed by atoms with Crippen LogP contribution in [0.2, 0.25) is 0 Å². The molecule has 0 saturated heterocycles. The number of aromatic amines is 1. The number of aliphatic carboxylic acids is 1. The monoisotopic (exact) mass is 198 g/mol. The average Bonchev–Trinajstić information content (AvgIpc) is 1.96. The van der Waals surface area contributed by atoms with Gasteiger partial charge in [-0.05, 0) is 26.1 Å². The fraction of sp³-hybridized carbons (Fsp3) is 0.375. The highest BCUT2D eigenvalue weighted by molar-refractivity contribution is 7.71.